The van der Waals surface area contributed by atoms with E-state index < -0.39 is 12.0 Å². The van der Waals surface area contributed by atoms with Gasteiger partial charge in [0, 0.05) is 30.7 Å². The van der Waals surface area contributed by atoms with Gasteiger partial charge in [0.1, 0.15) is 11.9 Å². The highest BCUT2D eigenvalue weighted by molar-refractivity contribution is 5.73. The van der Waals surface area contributed by atoms with Crippen molar-refractivity contribution in [1.29, 1.82) is 0 Å². The summed E-state index contributed by atoms with van der Waals surface area (Å²) in [6.45, 7) is 3.01. The minimum Gasteiger partial charge on any atom is -0.480 e. The van der Waals surface area contributed by atoms with Gasteiger partial charge >= 0.3 is 5.97 Å². The van der Waals surface area contributed by atoms with Crippen LogP contribution in [0.2, 0.25) is 0 Å². The van der Waals surface area contributed by atoms with Gasteiger partial charge in [-0.1, -0.05) is 37.8 Å². The zero-order chi connectivity index (χ0) is 21.2. The molecule has 2 aromatic rings. The van der Waals surface area contributed by atoms with Crippen molar-refractivity contribution in [1.82, 2.24) is 15.3 Å². The van der Waals surface area contributed by atoms with E-state index in [-0.39, 0.29) is 6.04 Å². The molecule has 30 heavy (non-hydrogen) atoms. The number of hydrogen-bond donors (Lipinski definition) is 3. The molecule has 162 valence electrons. The van der Waals surface area contributed by atoms with Crippen LogP contribution in [-0.2, 0) is 17.6 Å². The third-order valence-electron chi connectivity index (χ3n) is 5.81. The highest BCUT2D eigenvalue weighted by atomic mass is 16.4. The molecule has 0 bridgehead atoms. The van der Waals surface area contributed by atoms with Gasteiger partial charge in [-0.2, -0.15) is 0 Å². The number of unbranched alkanes of at least 4 members (excludes halogenated alkanes) is 4. The molecule has 6 nitrogen and oxygen atoms in total. The van der Waals surface area contributed by atoms with Crippen molar-refractivity contribution in [2.45, 2.75) is 76.8 Å². The van der Waals surface area contributed by atoms with Crippen molar-refractivity contribution in [3.63, 3.8) is 0 Å². The Hall–Kier alpha value is -2.47. The number of aliphatic carboxylic acids is 1. The molecule has 0 amide bonds. The average Bonchev–Trinajstić information content (AvgIpc) is 2.77. The number of anilines is 1. The van der Waals surface area contributed by atoms with Crippen LogP contribution in [0, 0.1) is 0 Å². The van der Waals surface area contributed by atoms with Gasteiger partial charge in [-0.25, -0.2) is 4.98 Å². The van der Waals surface area contributed by atoms with Gasteiger partial charge in [0.2, 0.25) is 0 Å². The topological polar surface area (TPSA) is 87.1 Å². The van der Waals surface area contributed by atoms with E-state index in [9.17, 15) is 9.90 Å². The Labute approximate surface area is 179 Å². The molecular weight excluding hydrogens is 376 g/mol. The van der Waals surface area contributed by atoms with Crippen LogP contribution in [0.3, 0.4) is 0 Å². The van der Waals surface area contributed by atoms with E-state index >= 15 is 0 Å². The highest BCUT2D eigenvalue weighted by Crippen LogP contribution is 2.21. The molecule has 0 radical (unpaired) electrons. The SMILES string of the molecule is C[C@@H](NC(CCCCCCCc1ccc2c(n1)NCCC2)C(=O)O)c1cccnc1. The van der Waals surface area contributed by atoms with Crippen LogP contribution in [0.15, 0.2) is 36.7 Å². The smallest absolute Gasteiger partial charge is 0.320 e. The maximum atomic E-state index is 11.6. The first-order valence-electron chi connectivity index (χ1n) is 11.2. The number of nitrogens with one attached hydrogen (secondary N) is 2. The maximum Gasteiger partial charge on any atom is 0.320 e. The third kappa shape index (κ3) is 6.80. The van der Waals surface area contributed by atoms with Crippen LogP contribution in [0.25, 0.3) is 0 Å². The van der Waals surface area contributed by atoms with E-state index in [1.807, 2.05) is 19.1 Å². The minimum atomic E-state index is -0.780. The van der Waals surface area contributed by atoms with Crippen molar-refractivity contribution >= 4 is 11.8 Å². The molecule has 0 saturated carbocycles. The molecule has 0 aromatic carbocycles. The summed E-state index contributed by atoms with van der Waals surface area (Å²) in [5.74, 6) is 0.296. The van der Waals surface area contributed by atoms with Crippen LogP contribution in [-0.4, -0.2) is 33.6 Å². The van der Waals surface area contributed by atoms with E-state index in [4.69, 9.17) is 4.98 Å². The summed E-state index contributed by atoms with van der Waals surface area (Å²) < 4.78 is 0. The Morgan fingerprint density at radius 2 is 2.03 bits per heavy atom. The monoisotopic (exact) mass is 410 g/mol. The van der Waals surface area contributed by atoms with E-state index in [0.29, 0.717) is 6.42 Å². The van der Waals surface area contributed by atoms with Crippen LogP contribution in [0.5, 0.6) is 0 Å². The molecule has 1 unspecified atom stereocenters. The van der Waals surface area contributed by atoms with E-state index in [1.54, 1.807) is 12.4 Å². The first-order valence-corrected chi connectivity index (χ1v) is 11.2. The molecule has 3 rings (SSSR count). The average molecular weight is 411 g/mol. The molecule has 1 aliphatic rings. The number of carboxylic acids is 1. The lowest BCUT2D eigenvalue weighted by Crippen LogP contribution is -2.38. The molecule has 1 aliphatic heterocycles. The Kier molecular flexibility index (Phi) is 8.63. The number of carbonyl (C=O) groups is 1. The number of aromatic nitrogens is 2. The quantitative estimate of drug-likeness (QED) is 0.446. The van der Waals surface area contributed by atoms with Crippen LogP contribution in [0.4, 0.5) is 5.82 Å². The van der Waals surface area contributed by atoms with Gasteiger partial charge < -0.3 is 10.4 Å². The fraction of sp³-hybridized carbons (Fsp3) is 0.542. The first-order chi connectivity index (χ1) is 14.6. The summed E-state index contributed by atoms with van der Waals surface area (Å²) in [6.07, 6.45) is 12.9. The van der Waals surface area contributed by atoms with Crippen LogP contribution < -0.4 is 10.6 Å². The molecule has 0 spiro atoms. The third-order valence-corrected chi connectivity index (χ3v) is 5.81. The molecule has 0 fully saturated rings. The maximum absolute atomic E-state index is 11.6. The Morgan fingerprint density at radius 3 is 2.83 bits per heavy atom. The molecule has 3 heterocycles. The fourth-order valence-electron chi connectivity index (χ4n) is 4.00. The number of pyridine rings is 2. The predicted molar refractivity (Wildman–Crippen MR) is 120 cm³/mol. The number of hydrogen-bond acceptors (Lipinski definition) is 5. The van der Waals surface area contributed by atoms with Gasteiger partial charge in [0.05, 0.1) is 0 Å². The van der Waals surface area contributed by atoms with Gasteiger partial charge in [-0.15, -0.1) is 0 Å². The largest absolute Gasteiger partial charge is 0.480 e. The lowest BCUT2D eigenvalue weighted by atomic mass is 10.0. The second-order valence-corrected chi connectivity index (χ2v) is 8.21. The Morgan fingerprint density at radius 1 is 1.20 bits per heavy atom. The molecule has 3 N–H and O–H groups in total. The van der Waals surface area contributed by atoms with E-state index in [2.05, 4.69) is 27.8 Å². The second-order valence-electron chi connectivity index (χ2n) is 8.21. The van der Waals surface area contributed by atoms with Crippen molar-refractivity contribution in [3.05, 3.63) is 53.5 Å². The molecule has 2 aromatic heterocycles. The summed E-state index contributed by atoms with van der Waals surface area (Å²) in [5.41, 5.74) is 3.52. The lowest BCUT2D eigenvalue weighted by Gasteiger charge is -2.20. The van der Waals surface area contributed by atoms with Crippen molar-refractivity contribution in [2.24, 2.45) is 0 Å². The van der Waals surface area contributed by atoms with Crippen molar-refractivity contribution < 1.29 is 9.90 Å². The summed E-state index contributed by atoms with van der Waals surface area (Å²) in [6, 6.07) is 7.68. The first kappa shape index (κ1) is 22.2. The normalized spacial score (nSPS) is 15.1. The fourth-order valence-corrected chi connectivity index (χ4v) is 4.00. The van der Waals surface area contributed by atoms with Gasteiger partial charge in [0.15, 0.2) is 0 Å². The summed E-state index contributed by atoms with van der Waals surface area (Å²) >= 11 is 0. The summed E-state index contributed by atoms with van der Waals surface area (Å²) in [5, 5.41) is 16.2. The summed E-state index contributed by atoms with van der Waals surface area (Å²) in [4.78, 5) is 20.5. The predicted octanol–water partition coefficient (Wildman–Crippen LogP) is 4.52. The highest BCUT2D eigenvalue weighted by Gasteiger charge is 2.19. The van der Waals surface area contributed by atoms with Gasteiger partial charge in [0.25, 0.3) is 0 Å². The van der Waals surface area contributed by atoms with Crippen LogP contribution in [0.1, 0.15) is 74.7 Å². The standard InChI is InChI=1S/C24H34N4O2/c1-18(20-10-7-15-25-17-20)27-22(24(29)30)12-6-4-2-3-5-11-21-14-13-19-9-8-16-26-23(19)28-21/h7,10,13-15,17-18,22,27H,2-6,8-9,11-12,16H2,1H3,(H,26,28)(H,29,30)/t18-,22?/m1/s1. The molecular formula is C24H34N4O2. The molecule has 6 heteroatoms. The van der Waals surface area contributed by atoms with E-state index in [1.165, 1.54) is 17.7 Å². The Balaban J connectivity index is 1.31. The molecule has 0 saturated heterocycles. The Bertz CT molecular complexity index is 797. The zero-order valence-corrected chi connectivity index (χ0v) is 17.9. The second kappa shape index (κ2) is 11.6. The lowest BCUT2D eigenvalue weighted by molar-refractivity contribution is -0.139. The van der Waals surface area contributed by atoms with Crippen molar-refractivity contribution in [2.75, 3.05) is 11.9 Å². The summed E-state index contributed by atoms with van der Waals surface area (Å²) in [7, 11) is 0. The zero-order valence-electron chi connectivity index (χ0n) is 17.9. The van der Waals surface area contributed by atoms with Gasteiger partial charge in [-0.3, -0.25) is 15.1 Å². The molecule has 0 aliphatic carbocycles. The number of fused-ring (bicyclic) bond motifs is 1. The minimum absolute atomic E-state index is 0.0293. The number of carboxylic acid groups (broad SMARTS) is 1. The van der Waals surface area contributed by atoms with Crippen molar-refractivity contribution in [3.8, 4) is 0 Å². The number of nitrogens with zero attached hydrogens (tertiary/aromatic N) is 2. The number of rotatable bonds is 12. The van der Waals surface area contributed by atoms with Gasteiger partial charge in [-0.05, 0) is 62.3 Å². The van der Waals surface area contributed by atoms with Crippen LogP contribution >= 0.6 is 0 Å². The van der Waals surface area contributed by atoms with E-state index in [0.717, 1.165) is 62.9 Å². The number of aryl methyl sites for hydroxylation is 2. The molecule has 2 atom stereocenters.